The Bertz CT molecular complexity index is 1050. The molecule has 0 unspecified atom stereocenters. The minimum absolute atomic E-state index is 0.00395. The van der Waals surface area contributed by atoms with Crippen LogP contribution in [0.3, 0.4) is 0 Å². The SMILES string of the molecule is CC(C)(O)CCC(=O)[C@](C)(O)[C@H]1[C@H](O)C[C@@]2(C)[C@@H]3CC=C4[C@@H](C[C@@H](O)C(=O)C4(C)C)[C@]3(C)C(=O)C[C@]12C. The average molecular weight is 519 g/mol. The number of carbonyl (C=O) groups excluding carboxylic acids is 3. The van der Waals surface area contributed by atoms with E-state index in [2.05, 4.69) is 13.0 Å². The van der Waals surface area contributed by atoms with Crippen LogP contribution in [-0.4, -0.2) is 61.2 Å². The van der Waals surface area contributed by atoms with Crippen LogP contribution >= 0.6 is 0 Å². The van der Waals surface area contributed by atoms with Crippen LogP contribution in [0.5, 0.6) is 0 Å². The summed E-state index contributed by atoms with van der Waals surface area (Å²) in [7, 11) is 0. The van der Waals surface area contributed by atoms with Crippen molar-refractivity contribution in [2.75, 3.05) is 0 Å². The van der Waals surface area contributed by atoms with Crippen LogP contribution in [0.2, 0.25) is 0 Å². The van der Waals surface area contributed by atoms with Crippen molar-refractivity contribution in [3.8, 4) is 0 Å². The van der Waals surface area contributed by atoms with Crippen LogP contribution in [0, 0.1) is 39.4 Å². The molecule has 37 heavy (non-hydrogen) atoms. The smallest absolute Gasteiger partial charge is 0.170 e. The van der Waals surface area contributed by atoms with Gasteiger partial charge in [0, 0.05) is 29.6 Å². The predicted octanol–water partition coefficient (Wildman–Crippen LogP) is 3.15. The van der Waals surface area contributed by atoms with Gasteiger partial charge in [0.05, 0.1) is 11.7 Å². The number of Topliss-reactive ketones (excluding diaryl/α,β-unsaturated/α-hetero) is 3. The lowest BCUT2D eigenvalue weighted by atomic mass is 9.38. The van der Waals surface area contributed by atoms with Gasteiger partial charge in [-0.15, -0.1) is 0 Å². The number of rotatable bonds is 5. The second-order valence-corrected chi connectivity index (χ2v) is 14.6. The molecule has 4 aliphatic carbocycles. The topological polar surface area (TPSA) is 132 Å². The van der Waals surface area contributed by atoms with Crippen molar-refractivity contribution in [1.82, 2.24) is 0 Å². The first-order valence-electron chi connectivity index (χ1n) is 13.8. The molecule has 7 nitrogen and oxygen atoms in total. The van der Waals surface area contributed by atoms with Gasteiger partial charge >= 0.3 is 0 Å². The van der Waals surface area contributed by atoms with Gasteiger partial charge < -0.3 is 20.4 Å². The fourth-order valence-electron chi connectivity index (χ4n) is 9.24. The summed E-state index contributed by atoms with van der Waals surface area (Å²) in [5, 5.41) is 43.9. The highest BCUT2D eigenvalue weighted by molar-refractivity contribution is 5.95. The van der Waals surface area contributed by atoms with Crippen molar-refractivity contribution in [2.45, 2.75) is 117 Å². The van der Waals surface area contributed by atoms with Crippen LogP contribution in [0.15, 0.2) is 11.6 Å². The number of allylic oxidation sites excluding steroid dienone is 2. The Labute approximate surface area is 220 Å². The summed E-state index contributed by atoms with van der Waals surface area (Å²) in [5.74, 6) is -1.96. The van der Waals surface area contributed by atoms with Crippen molar-refractivity contribution in [3.05, 3.63) is 11.6 Å². The Morgan fingerprint density at radius 1 is 1.03 bits per heavy atom. The van der Waals surface area contributed by atoms with E-state index < -0.39 is 56.8 Å². The zero-order valence-electron chi connectivity index (χ0n) is 23.7. The standard InChI is InChI=1S/C30H46O7/c1-25(2,36)12-11-21(33)30(8,37)23-19(32)14-27(5)20-10-9-16-17(13-18(31)24(35)26(16,3)4)29(20,7)22(34)15-28(23,27)6/h9,17-20,23,31-32,36-37H,10-15H2,1-8H3/t17-,18-,19-,20+,23+,27+,28-,29+,30+/m1/s1. The van der Waals surface area contributed by atoms with Crippen LogP contribution < -0.4 is 0 Å². The van der Waals surface area contributed by atoms with Crippen molar-refractivity contribution in [2.24, 2.45) is 39.4 Å². The molecule has 0 heterocycles. The molecule has 0 bridgehead atoms. The number of aliphatic hydroxyl groups is 4. The van der Waals surface area contributed by atoms with E-state index in [9.17, 15) is 34.8 Å². The normalized spacial score (nSPS) is 44.9. The lowest BCUT2D eigenvalue weighted by Crippen LogP contribution is -2.65. The first kappa shape index (κ1) is 28.6. The van der Waals surface area contributed by atoms with Crippen molar-refractivity contribution >= 4 is 17.3 Å². The van der Waals surface area contributed by atoms with Gasteiger partial charge in [-0.25, -0.2) is 0 Å². The van der Waals surface area contributed by atoms with E-state index in [0.717, 1.165) is 5.57 Å². The molecule has 4 rings (SSSR count). The van der Waals surface area contributed by atoms with Gasteiger partial charge in [-0.1, -0.05) is 32.4 Å². The van der Waals surface area contributed by atoms with E-state index in [0.29, 0.717) is 12.8 Å². The predicted molar refractivity (Wildman–Crippen MR) is 138 cm³/mol. The molecule has 9 atom stereocenters. The fraction of sp³-hybridized carbons (Fsp3) is 0.833. The van der Waals surface area contributed by atoms with E-state index in [1.807, 2.05) is 27.7 Å². The highest BCUT2D eigenvalue weighted by atomic mass is 16.3. The molecule has 0 aromatic carbocycles. The average Bonchev–Trinajstić information content (AvgIpc) is 2.96. The number of ketones is 3. The molecular weight excluding hydrogens is 472 g/mol. The monoisotopic (exact) mass is 518 g/mol. The third-order valence-electron chi connectivity index (χ3n) is 11.5. The molecule has 0 spiro atoms. The van der Waals surface area contributed by atoms with Gasteiger partial charge in [0.2, 0.25) is 0 Å². The zero-order chi connectivity index (χ0) is 28.1. The van der Waals surface area contributed by atoms with Crippen LogP contribution in [0.25, 0.3) is 0 Å². The van der Waals surface area contributed by atoms with E-state index in [4.69, 9.17) is 0 Å². The molecule has 4 N–H and O–H groups in total. The first-order chi connectivity index (χ1) is 16.7. The number of carbonyl (C=O) groups is 3. The minimum atomic E-state index is -1.86. The fourth-order valence-corrected chi connectivity index (χ4v) is 9.24. The zero-order valence-corrected chi connectivity index (χ0v) is 23.7. The van der Waals surface area contributed by atoms with Gasteiger partial charge in [0.25, 0.3) is 0 Å². The summed E-state index contributed by atoms with van der Waals surface area (Å²) in [4.78, 5) is 40.4. The van der Waals surface area contributed by atoms with Gasteiger partial charge in [-0.2, -0.15) is 0 Å². The number of fused-ring (bicyclic) bond motifs is 5. The highest BCUT2D eigenvalue weighted by Crippen LogP contribution is 2.74. The molecule has 0 radical (unpaired) electrons. The quantitative estimate of drug-likeness (QED) is 0.411. The Kier molecular flexibility index (Phi) is 6.41. The molecular formula is C30H46O7. The maximum atomic E-state index is 14.2. The lowest BCUT2D eigenvalue weighted by Gasteiger charge is -2.64. The van der Waals surface area contributed by atoms with Crippen LogP contribution in [0.1, 0.15) is 93.9 Å². The Morgan fingerprint density at radius 2 is 1.62 bits per heavy atom. The van der Waals surface area contributed by atoms with Crippen LogP contribution in [0.4, 0.5) is 0 Å². The minimum Gasteiger partial charge on any atom is -0.393 e. The third kappa shape index (κ3) is 3.78. The summed E-state index contributed by atoms with van der Waals surface area (Å²) in [6.45, 7) is 14.3. The summed E-state index contributed by atoms with van der Waals surface area (Å²) in [6, 6.07) is 0. The van der Waals surface area contributed by atoms with E-state index in [1.165, 1.54) is 6.92 Å². The molecule has 0 aliphatic heterocycles. The van der Waals surface area contributed by atoms with Crippen LogP contribution in [-0.2, 0) is 14.4 Å². The summed E-state index contributed by atoms with van der Waals surface area (Å²) in [6.07, 6.45) is 1.33. The molecule has 7 heteroatoms. The van der Waals surface area contributed by atoms with E-state index >= 15 is 0 Å². The third-order valence-corrected chi connectivity index (χ3v) is 11.5. The second kappa shape index (κ2) is 8.30. The maximum Gasteiger partial charge on any atom is 0.170 e. The number of hydrogen-bond acceptors (Lipinski definition) is 7. The van der Waals surface area contributed by atoms with Crippen molar-refractivity contribution < 1.29 is 34.8 Å². The first-order valence-corrected chi connectivity index (χ1v) is 13.8. The van der Waals surface area contributed by atoms with E-state index in [-0.39, 0.29) is 49.1 Å². The molecule has 0 aromatic rings. The maximum absolute atomic E-state index is 14.2. The van der Waals surface area contributed by atoms with Gasteiger partial charge in [0.15, 0.2) is 11.6 Å². The molecule has 3 fully saturated rings. The van der Waals surface area contributed by atoms with Crippen molar-refractivity contribution in [3.63, 3.8) is 0 Å². The second-order valence-electron chi connectivity index (χ2n) is 14.6. The lowest BCUT2D eigenvalue weighted by molar-refractivity contribution is -0.185. The number of hydrogen-bond donors (Lipinski definition) is 4. The Hall–Kier alpha value is -1.41. The summed E-state index contributed by atoms with van der Waals surface area (Å²) in [5.41, 5.74) is -5.10. The molecule has 0 amide bonds. The summed E-state index contributed by atoms with van der Waals surface area (Å²) < 4.78 is 0. The molecule has 0 aromatic heterocycles. The van der Waals surface area contributed by atoms with Crippen molar-refractivity contribution in [1.29, 1.82) is 0 Å². The molecule has 3 saturated carbocycles. The Morgan fingerprint density at radius 3 is 2.19 bits per heavy atom. The molecule has 208 valence electrons. The number of aliphatic hydroxyl groups excluding tert-OH is 2. The highest BCUT2D eigenvalue weighted by Gasteiger charge is 2.74. The Balaban J connectivity index is 1.77. The summed E-state index contributed by atoms with van der Waals surface area (Å²) >= 11 is 0. The largest absolute Gasteiger partial charge is 0.393 e. The van der Waals surface area contributed by atoms with Gasteiger partial charge in [-0.05, 0) is 83.0 Å². The molecule has 0 saturated heterocycles. The van der Waals surface area contributed by atoms with Gasteiger partial charge in [0.1, 0.15) is 17.5 Å². The molecule has 4 aliphatic rings. The van der Waals surface area contributed by atoms with Gasteiger partial charge in [-0.3, -0.25) is 14.4 Å². The van der Waals surface area contributed by atoms with E-state index in [1.54, 1.807) is 13.8 Å².